The van der Waals surface area contributed by atoms with Gasteiger partial charge in [-0.2, -0.15) is 0 Å². The van der Waals surface area contributed by atoms with Crippen LogP contribution in [0.4, 0.5) is 0 Å². The number of cyclic esters (lactones) is 1. The molecule has 14 nitrogen and oxygen atoms in total. The van der Waals surface area contributed by atoms with Gasteiger partial charge in [-0.3, -0.25) is 9.59 Å². The largest absolute Gasteiger partial charge is 0.466 e. The van der Waals surface area contributed by atoms with Gasteiger partial charge in [0, 0.05) is 36.3 Å². The lowest BCUT2D eigenvalue weighted by atomic mass is 9.74. The number of fused-ring (bicyclic) bond motifs is 4. The molecule has 4 N–H and O–H groups in total. The number of carbonyl (C=O) groups excluding carboxylic acids is 3. The molecule has 3 aliphatic rings. The number of carbonyl (C=O) groups is 3. The van der Waals surface area contributed by atoms with Crippen LogP contribution in [0.2, 0.25) is 0 Å². The lowest BCUT2D eigenvalue weighted by Crippen LogP contribution is -2.62. The molecule has 0 amide bonds. The van der Waals surface area contributed by atoms with Gasteiger partial charge in [0.05, 0.1) is 51.7 Å². The number of aliphatic hydroxyl groups is 4. The molecule has 4 bridgehead atoms. The van der Waals surface area contributed by atoms with Gasteiger partial charge >= 0.3 is 17.9 Å². The molecule has 1 aromatic carbocycles. The molecular formula is C41H60O14. The van der Waals surface area contributed by atoms with Gasteiger partial charge in [0.15, 0.2) is 18.2 Å². The number of hydrogen-bond acceptors (Lipinski definition) is 14. The van der Waals surface area contributed by atoms with E-state index in [4.69, 9.17) is 33.2 Å². The van der Waals surface area contributed by atoms with E-state index in [0.29, 0.717) is 18.4 Å². The number of hydrogen-bond donors (Lipinski definition) is 4. The topological polar surface area (TPSA) is 197 Å². The molecule has 0 aliphatic carbocycles. The van der Waals surface area contributed by atoms with Crippen LogP contribution < -0.4 is 0 Å². The van der Waals surface area contributed by atoms with E-state index in [2.05, 4.69) is 6.92 Å². The van der Waals surface area contributed by atoms with Gasteiger partial charge in [-0.25, -0.2) is 4.79 Å². The molecule has 14 heteroatoms. The molecule has 308 valence electrons. The summed E-state index contributed by atoms with van der Waals surface area (Å²) in [6.45, 7) is 4.99. The molecule has 0 radical (unpaired) electrons. The second-order valence-electron chi connectivity index (χ2n) is 15.2. The zero-order valence-corrected chi connectivity index (χ0v) is 32.6. The van der Waals surface area contributed by atoms with Gasteiger partial charge in [-0.1, -0.05) is 82.9 Å². The molecule has 1 unspecified atom stereocenters. The van der Waals surface area contributed by atoms with Crippen LogP contribution in [0.5, 0.6) is 0 Å². The predicted octanol–water partition coefficient (Wildman–Crippen LogP) is 4.25. The Balaban J connectivity index is 1.72. The maximum atomic E-state index is 13.3. The van der Waals surface area contributed by atoms with Crippen molar-refractivity contribution in [1.29, 1.82) is 0 Å². The summed E-state index contributed by atoms with van der Waals surface area (Å²) in [5, 5.41) is 45.5. The Morgan fingerprint density at radius 2 is 1.75 bits per heavy atom. The van der Waals surface area contributed by atoms with Crippen LogP contribution >= 0.6 is 0 Å². The standard InChI is InChI=1S/C41H60O14/c1-5-6-7-8-12-15-34(44)54-38-28(23-35(45)49-4)22-32-25-33(27-42)52-36(46)24-30(43)17-21-51-40(47,29-13-10-9-11-14-29)26-31-18-20-50-37(53-31)16-19-39(2,3)41(38,48)55-32/h9-11,13-14,16,19,23,30-33,37-38,42-43,47-48H,5-8,12,15,17-18,20-22,24-27H2,1-4H3/b19-16+,28-23+/t30-,31+,32+,33?,37+,38+,40+,41-/m1/s1. The zero-order valence-electron chi connectivity index (χ0n) is 32.6. The van der Waals surface area contributed by atoms with Crippen LogP contribution in [-0.2, 0) is 53.3 Å². The first-order valence-electron chi connectivity index (χ1n) is 19.5. The van der Waals surface area contributed by atoms with Crippen LogP contribution in [0.15, 0.2) is 54.1 Å². The van der Waals surface area contributed by atoms with Crippen molar-refractivity contribution in [1.82, 2.24) is 0 Å². The second-order valence-corrected chi connectivity index (χ2v) is 15.2. The number of rotatable bonds is 10. The molecule has 0 aromatic heterocycles. The molecule has 4 rings (SSSR count). The van der Waals surface area contributed by atoms with Gasteiger partial charge < -0.3 is 53.6 Å². The lowest BCUT2D eigenvalue weighted by Gasteiger charge is -2.51. The number of esters is 3. The van der Waals surface area contributed by atoms with E-state index in [-0.39, 0.29) is 50.9 Å². The van der Waals surface area contributed by atoms with Gasteiger partial charge in [0.2, 0.25) is 5.79 Å². The zero-order chi connectivity index (χ0) is 40.1. The number of benzene rings is 1. The highest BCUT2D eigenvalue weighted by Crippen LogP contribution is 2.47. The molecule has 0 saturated carbocycles. The molecule has 0 spiro atoms. The molecule has 2 saturated heterocycles. The van der Waals surface area contributed by atoms with Crippen molar-refractivity contribution >= 4 is 17.9 Å². The average Bonchev–Trinajstić information content (AvgIpc) is 3.15. The van der Waals surface area contributed by atoms with Crippen molar-refractivity contribution in [3.8, 4) is 0 Å². The van der Waals surface area contributed by atoms with Gasteiger partial charge in [0.25, 0.3) is 0 Å². The minimum absolute atomic E-state index is 0.0112. The minimum atomic E-state index is -2.32. The van der Waals surface area contributed by atoms with Crippen molar-refractivity contribution in [2.45, 2.75) is 146 Å². The highest BCUT2D eigenvalue weighted by Gasteiger charge is 2.57. The maximum absolute atomic E-state index is 13.3. The highest BCUT2D eigenvalue weighted by atomic mass is 16.7. The Morgan fingerprint density at radius 3 is 2.45 bits per heavy atom. The molecular weight excluding hydrogens is 716 g/mol. The summed E-state index contributed by atoms with van der Waals surface area (Å²) < 4.78 is 41.0. The normalized spacial score (nSPS) is 33.5. The summed E-state index contributed by atoms with van der Waals surface area (Å²) >= 11 is 0. The Hall–Kier alpha value is -3.21. The van der Waals surface area contributed by atoms with E-state index in [0.717, 1.165) is 31.8 Å². The second kappa shape index (κ2) is 20.8. The fraction of sp³-hybridized carbons (Fsp3) is 0.683. The van der Waals surface area contributed by atoms with E-state index in [9.17, 15) is 34.8 Å². The van der Waals surface area contributed by atoms with E-state index in [1.165, 1.54) is 7.11 Å². The third-order valence-corrected chi connectivity index (χ3v) is 10.3. The fourth-order valence-electron chi connectivity index (χ4n) is 7.08. The minimum Gasteiger partial charge on any atom is -0.466 e. The third kappa shape index (κ3) is 12.6. The van der Waals surface area contributed by atoms with Crippen LogP contribution in [0.25, 0.3) is 0 Å². The third-order valence-electron chi connectivity index (χ3n) is 10.3. The van der Waals surface area contributed by atoms with Crippen LogP contribution in [0.1, 0.15) is 103 Å². The lowest BCUT2D eigenvalue weighted by molar-refractivity contribution is -0.327. The monoisotopic (exact) mass is 776 g/mol. The summed E-state index contributed by atoms with van der Waals surface area (Å²) in [4.78, 5) is 39.0. The molecule has 2 fully saturated rings. The number of unbranched alkanes of at least 4 members (excludes halogenated alkanes) is 4. The van der Waals surface area contributed by atoms with Crippen molar-refractivity contribution in [3.05, 3.63) is 59.7 Å². The van der Waals surface area contributed by atoms with Gasteiger partial charge in [0.1, 0.15) is 6.10 Å². The van der Waals surface area contributed by atoms with Crippen molar-refractivity contribution in [2.24, 2.45) is 5.41 Å². The van der Waals surface area contributed by atoms with E-state index < -0.39 is 84.7 Å². The maximum Gasteiger partial charge on any atom is 0.330 e. The number of aliphatic hydroxyl groups excluding tert-OH is 2. The smallest absolute Gasteiger partial charge is 0.330 e. The van der Waals surface area contributed by atoms with Crippen molar-refractivity contribution in [3.63, 3.8) is 0 Å². The molecule has 3 heterocycles. The first-order valence-corrected chi connectivity index (χ1v) is 19.5. The Morgan fingerprint density at radius 1 is 1.00 bits per heavy atom. The summed E-state index contributed by atoms with van der Waals surface area (Å²) in [6, 6.07) is 8.78. The Kier molecular flexibility index (Phi) is 16.8. The van der Waals surface area contributed by atoms with E-state index in [1.54, 1.807) is 50.3 Å². The van der Waals surface area contributed by atoms with Crippen molar-refractivity contribution in [2.75, 3.05) is 26.9 Å². The Bertz CT molecular complexity index is 1450. The van der Waals surface area contributed by atoms with Crippen molar-refractivity contribution < 1.29 is 68.0 Å². The predicted molar refractivity (Wildman–Crippen MR) is 198 cm³/mol. The summed E-state index contributed by atoms with van der Waals surface area (Å²) in [6.07, 6.45) is 2.55. The van der Waals surface area contributed by atoms with E-state index >= 15 is 0 Å². The van der Waals surface area contributed by atoms with Crippen LogP contribution in [0, 0.1) is 5.41 Å². The Labute approximate surface area is 323 Å². The van der Waals surface area contributed by atoms with E-state index in [1.807, 2.05) is 6.07 Å². The summed E-state index contributed by atoms with van der Waals surface area (Å²) in [5.41, 5.74) is -0.697. The molecule has 1 aromatic rings. The molecule has 55 heavy (non-hydrogen) atoms. The first-order chi connectivity index (χ1) is 26.2. The number of ether oxygens (including phenoxy) is 7. The molecule has 3 aliphatic heterocycles. The number of methoxy groups -OCH3 is 1. The quantitative estimate of drug-likeness (QED) is 0.0865. The van der Waals surface area contributed by atoms with Crippen LogP contribution in [-0.4, -0.2) is 108 Å². The first kappa shape index (κ1) is 44.5. The highest BCUT2D eigenvalue weighted by molar-refractivity contribution is 5.83. The average molecular weight is 777 g/mol. The fourth-order valence-corrected chi connectivity index (χ4v) is 7.08. The van der Waals surface area contributed by atoms with Gasteiger partial charge in [-0.05, 0) is 37.3 Å². The van der Waals surface area contributed by atoms with Crippen LogP contribution in [0.3, 0.4) is 0 Å². The summed E-state index contributed by atoms with van der Waals surface area (Å²) in [7, 11) is 1.20. The van der Waals surface area contributed by atoms with Gasteiger partial charge in [-0.15, -0.1) is 0 Å². The SMILES string of the molecule is CCCCCCCC(=O)O[C@H]1/C(=C/C(=O)OC)C[C@H]2CC(CO)OC(=O)C[C@H](O)CCO[C@](O)(c3ccccc3)C[C@@H]3CCO[C@H](/C=C/C(C)(C)[C@]1(O)O2)O3. The molecule has 8 atom stereocenters. The summed E-state index contributed by atoms with van der Waals surface area (Å²) in [5.74, 6) is -6.27.